The molecule has 0 bridgehead atoms. The Bertz CT molecular complexity index is 2040. The maximum Gasteiger partial charge on any atom is 0.338 e. The van der Waals surface area contributed by atoms with E-state index in [2.05, 4.69) is 15.6 Å². The number of amidine groups is 1. The molecule has 0 aromatic heterocycles. The summed E-state index contributed by atoms with van der Waals surface area (Å²) < 4.78 is 5.35. The molecule has 256 valence electrons. The molecule has 1 heterocycles. The molecule has 2 N–H and O–H groups in total. The van der Waals surface area contributed by atoms with E-state index < -0.39 is 29.1 Å². The van der Waals surface area contributed by atoms with E-state index in [0.29, 0.717) is 27.1 Å². The molecule has 50 heavy (non-hydrogen) atoms. The van der Waals surface area contributed by atoms with Gasteiger partial charge in [-0.1, -0.05) is 100 Å². The third-order valence-electron chi connectivity index (χ3n) is 7.29. The second kappa shape index (κ2) is 16.1. The van der Waals surface area contributed by atoms with E-state index in [1.54, 1.807) is 73.7 Å². The first-order valence-electron chi connectivity index (χ1n) is 15.0. The fourth-order valence-corrected chi connectivity index (χ4v) is 6.16. The van der Waals surface area contributed by atoms with Crippen LogP contribution in [0.2, 0.25) is 20.1 Å². The quantitative estimate of drug-likeness (QED) is 0.130. The van der Waals surface area contributed by atoms with Crippen molar-refractivity contribution in [3.05, 3.63) is 127 Å². The van der Waals surface area contributed by atoms with E-state index in [9.17, 15) is 19.2 Å². The number of ether oxygens (including phenoxy) is 1. The number of amides is 3. The largest absolute Gasteiger partial charge is 0.449 e. The van der Waals surface area contributed by atoms with Gasteiger partial charge in [-0.25, -0.2) is 9.79 Å². The molecule has 4 aromatic rings. The summed E-state index contributed by atoms with van der Waals surface area (Å²) in [4.78, 5) is 58.4. The highest BCUT2D eigenvalue weighted by atomic mass is 35.5. The number of halogens is 4. The number of anilines is 3. The summed E-state index contributed by atoms with van der Waals surface area (Å²) >= 11 is 25.6. The minimum absolute atomic E-state index is 0.124. The highest BCUT2D eigenvalue weighted by Crippen LogP contribution is 2.34. The lowest BCUT2D eigenvalue weighted by atomic mass is 10.1. The number of rotatable bonds is 9. The number of nitrogens with zero attached hydrogens (tertiary/aromatic N) is 2. The first-order valence-corrected chi connectivity index (χ1v) is 17.4. The summed E-state index contributed by atoms with van der Waals surface area (Å²) in [6, 6.07) is 23.3. The zero-order chi connectivity index (χ0) is 36.1. The summed E-state index contributed by atoms with van der Waals surface area (Å²) in [5, 5.41) is 5.95. The summed E-state index contributed by atoms with van der Waals surface area (Å²) in [6.45, 7) is 5.06. The Kier molecular flexibility index (Phi) is 11.9. The minimum Gasteiger partial charge on any atom is -0.449 e. The second-order valence-electron chi connectivity index (χ2n) is 11.0. The number of carbonyl (C=O) groups is 4. The molecule has 0 aliphatic carbocycles. The van der Waals surface area contributed by atoms with Gasteiger partial charge in [-0.05, 0) is 80.9 Å². The zero-order valence-electron chi connectivity index (χ0n) is 26.7. The predicted molar refractivity (Wildman–Crippen MR) is 203 cm³/mol. The lowest BCUT2D eigenvalue weighted by Crippen LogP contribution is -2.33. The molecule has 14 heteroatoms. The van der Waals surface area contributed by atoms with Gasteiger partial charge in [0.1, 0.15) is 5.70 Å². The first kappa shape index (κ1) is 36.9. The Labute approximate surface area is 312 Å². The van der Waals surface area contributed by atoms with Gasteiger partial charge < -0.3 is 15.4 Å². The van der Waals surface area contributed by atoms with Gasteiger partial charge in [-0.2, -0.15) is 0 Å². The van der Waals surface area contributed by atoms with E-state index in [0.717, 1.165) is 17.3 Å². The minimum atomic E-state index is -1.14. The third kappa shape index (κ3) is 8.69. The maximum absolute atomic E-state index is 13.7. The van der Waals surface area contributed by atoms with Crippen LogP contribution in [0.5, 0.6) is 0 Å². The summed E-state index contributed by atoms with van der Waals surface area (Å²) in [5.74, 6) is -2.08. The Morgan fingerprint density at radius 1 is 0.800 bits per heavy atom. The number of aliphatic imine (C=N–C) groups is 1. The van der Waals surface area contributed by atoms with E-state index in [1.807, 2.05) is 19.1 Å². The van der Waals surface area contributed by atoms with Crippen LogP contribution in [0.1, 0.15) is 35.3 Å². The summed E-state index contributed by atoms with van der Waals surface area (Å²) in [7, 11) is 0. The highest BCUT2D eigenvalue weighted by Gasteiger charge is 2.34. The fraction of sp³-hybridized carbons (Fsp3) is 0.139. The monoisotopic (exact) mass is 768 g/mol. The lowest BCUT2D eigenvalue weighted by Gasteiger charge is -2.20. The van der Waals surface area contributed by atoms with Crippen LogP contribution in [0, 0.1) is 6.92 Å². The number of hydrogen-bond donors (Lipinski definition) is 2. The number of thioether (sulfide) groups is 1. The summed E-state index contributed by atoms with van der Waals surface area (Å²) in [5.41, 5.74) is 3.12. The predicted octanol–water partition coefficient (Wildman–Crippen LogP) is 9.30. The molecule has 0 radical (unpaired) electrons. The molecule has 2 unspecified atom stereocenters. The molecule has 1 aliphatic heterocycles. The molecule has 0 saturated carbocycles. The van der Waals surface area contributed by atoms with Crippen molar-refractivity contribution in [2.45, 2.75) is 32.1 Å². The molecule has 1 aliphatic rings. The van der Waals surface area contributed by atoms with Crippen LogP contribution < -0.4 is 15.5 Å². The number of carbonyl (C=O) groups excluding carboxylic acids is 4. The van der Waals surface area contributed by atoms with Gasteiger partial charge in [0, 0.05) is 0 Å². The maximum atomic E-state index is 13.7. The molecule has 0 spiro atoms. The molecule has 5 rings (SSSR count). The Morgan fingerprint density at radius 2 is 1.36 bits per heavy atom. The smallest absolute Gasteiger partial charge is 0.338 e. The Hall–Kier alpha value is -4.32. The second-order valence-corrected chi connectivity index (χ2v) is 13.9. The van der Waals surface area contributed by atoms with E-state index in [1.165, 1.54) is 24.0 Å². The van der Waals surface area contributed by atoms with Crippen molar-refractivity contribution < 1.29 is 23.9 Å². The van der Waals surface area contributed by atoms with Crippen molar-refractivity contribution in [3.63, 3.8) is 0 Å². The lowest BCUT2D eigenvalue weighted by molar-refractivity contribution is -0.123. The van der Waals surface area contributed by atoms with Crippen LogP contribution >= 0.6 is 58.2 Å². The molecule has 9 nitrogen and oxygen atoms in total. The van der Waals surface area contributed by atoms with Gasteiger partial charge in [-0.15, -0.1) is 0 Å². The average Bonchev–Trinajstić information content (AvgIpc) is 3.39. The molecule has 0 fully saturated rings. The zero-order valence-corrected chi connectivity index (χ0v) is 30.5. The Morgan fingerprint density at radius 3 is 1.94 bits per heavy atom. The first-order chi connectivity index (χ1) is 23.8. The van der Waals surface area contributed by atoms with Crippen LogP contribution in [0.25, 0.3) is 6.08 Å². The van der Waals surface area contributed by atoms with Crippen LogP contribution in [-0.4, -0.2) is 40.2 Å². The number of esters is 1. The van der Waals surface area contributed by atoms with Gasteiger partial charge >= 0.3 is 5.97 Å². The van der Waals surface area contributed by atoms with Gasteiger partial charge in [-0.3, -0.25) is 19.3 Å². The number of nitrogens with one attached hydrogen (secondary N) is 2. The standard InChI is InChI=1S/C36H28Cl4N4O5S/c1-19-10-16-24(17-11-19)44-34(47)29(43-36(44)50-21(3)33(46)42-28-9-5-7-26(38)31(28)40)18-22-12-14-23(15-13-22)35(48)49-20(2)32(45)41-27-8-4-6-25(37)30(27)39/h4-18,20-21H,1-3H3,(H,41,45)(H,42,46). The van der Waals surface area contributed by atoms with Crippen LogP contribution in [0.3, 0.4) is 0 Å². The molecular weight excluding hydrogens is 742 g/mol. The average molecular weight is 771 g/mol. The van der Waals surface area contributed by atoms with Crippen LogP contribution in [0.4, 0.5) is 17.1 Å². The molecule has 3 amide bonds. The molecule has 0 saturated heterocycles. The number of benzene rings is 4. The van der Waals surface area contributed by atoms with Crippen LogP contribution in [0.15, 0.2) is 95.6 Å². The SMILES string of the molecule is Cc1ccc(N2C(=O)C(=Cc3ccc(C(=O)OC(C)C(=O)Nc4cccc(Cl)c4Cl)cc3)N=C2SC(C)C(=O)Nc2cccc(Cl)c2Cl)cc1. The van der Waals surface area contributed by atoms with Crippen LogP contribution in [-0.2, 0) is 19.1 Å². The van der Waals surface area contributed by atoms with E-state index in [-0.39, 0.29) is 37.9 Å². The molecular formula is C36H28Cl4N4O5S. The van der Waals surface area contributed by atoms with Gasteiger partial charge in [0.2, 0.25) is 5.91 Å². The van der Waals surface area contributed by atoms with Crippen molar-refractivity contribution in [2.24, 2.45) is 4.99 Å². The third-order valence-corrected chi connectivity index (χ3v) is 9.99. The van der Waals surface area contributed by atoms with Crippen molar-refractivity contribution in [1.82, 2.24) is 0 Å². The van der Waals surface area contributed by atoms with Crippen molar-refractivity contribution in [2.75, 3.05) is 15.5 Å². The van der Waals surface area contributed by atoms with E-state index in [4.69, 9.17) is 51.1 Å². The molecule has 4 aromatic carbocycles. The van der Waals surface area contributed by atoms with Crippen molar-refractivity contribution >= 4 is 110 Å². The fourth-order valence-electron chi connectivity index (χ4n) is 4.53. The van der Waals surface area contributed by atoms with Gasteiger partial charge in [0.15, 0.2) is 11.3 Å². The van der Waals surface area contributed by atoms with Gasteiger partial charge in [0.25, 0.3) is 11.8 Å². The van der Waals surface area contributed by atoms with Crippen molar-refractivity contribution in [1.29, 1.82) is 0 Å². The van der Waals surface area contributed by atoms with E-state index >= 15 is 0 Å². The summed E-state index contributed by atoms with van der Waals surface area (Å²) in [6.07, 6.45) is 0.438. The highest BCUT2D eigenvalue weighted by molar-refractivity contribution is 8.15. The number of hydrogen-bond acceptors (Lipinski definition) is 7. The normalized spacial score (nSPS) is 14.6. The van der Waals surface area contributed by atoms with Crippen molar-refractivity contribution in [3.8, 4) is 0 Å². The molecule has 2 atom stereocenters. The topological polar surface area (TPSA) is 117 Å². The van der Waals surface area contributed by atoms with Gasteiger partial charge in [0.05, 0.1) is 48.0 Å². The Balaban J connectivity index is 1.30. The number of aryl methyl sites for hydroxylation is 1.